The van der Waals surface area contributed by atoms with E-state index in [2.05, 4.69) is 9.97 Å². The fraction of sp³-hybridized carbons (Fsp3) is 0.182. The molecule has 3 nitrogen and oxygen atoms in total. The van der Waals surface area contributed by atoms with Crippen LogP contribution >= 0.6 is 34.7 Å². The second-order valence-corrected chi connectivity index (χ2v) is 6.35. The summed E-state index contributed by atoms with van der Waals surface area (Å²) < 4.78 is 0.632. The largest absolute Gasteiger partial charge is 0.292 e. The van der Waals surface area contributed by atoms with E-state index < -0.39 is 0 Å². The van der Waals surface area contributed by atoms with E-state index >= 15 is 0 Å². The summed E-state index contributed by atoms with van der Waals surface area (Å²) in [5, 5.41) is 0.614. The van der Waals surface area contributed by atoms with E-state index in [1.807, 2.05) is 6.92 Å². The van der Waals surface area contributed by atoms with Gasteiger partial charge >= 0.3 is 0 Å². The van der Waals surface area contributed by atoms with Crippen molar-refractivity contribution in [2.45, 2.75) is 17.2 Å². The van der Waals surface area contributed by atoms with Gasteiger partial charge in [0.2, 0.25) is 0 Å². The van der Waals surface area contributed by atoms with Gasteiger partial charge in [0.1, 0.15) is 11.4 Å². The lowest BCUT2D eigenvalue weighted by Crippen LogP contribution is -2.12. The molecule has 6 heteroatoms. The third-order valence-corrected chi connectivity index (χ3v) is 4.33. The number of thiophene rings is 1. The topological polar surface area (TPSA) is 42.9 Å². The highest BCUT2D eigenvalue weighted by Crippen LogP contribution is 2.28. The number of nitrogens with zero attached hydrogens (tertiary/aromatic N) is 2. The maximum Gasteiger partial charge on any atom is 0.185 e. The van der Waals surface area contributed by atoms with E-state index in [0.717, 1.165) is 5.03 Å². The van der Waals surface area contributed by atoms with Gasteiger partial charge in [0.05, 0.1) is 14.5 Å². The van der Waals surface area contributed by atoms with Crippen LogP contribution in [0.1, 0.15) is 16.6 Å². The van der Waals surface area contributed by atoms with E-state index in [9.17, 15) is 4.79 Å². The average molecular weight is 285 g/mol. The van der Waals surface area contributed by atoms with Crippen molar-refractivity contribution in [1.82, 2.24) is 9.97 Å². The van der Waals surface area contributed by atoms with Crippen molar-refractivity contribution in [2.75, 3.05) is 0 Å². The first-order chi connectivity index (χ1) is 8.16. The fourth-order valence-electron chi connectivity index (χ4n) is 1.23. The number of aromatic nitrogens is 2. The first-order valence-corrected chi connectivity index (χ1v) is 6.96. The molecule has 0 aromatic carbocycles. The summed E-state index contributed by atoms with van der Waals surface area (Å²) in [5.74, 6) is 0.0745. The Morgan fingerprint density at radius 3 is 2.88 bits per heavy atom. The zero-order valence-electron chi connectivity index (χ0n) is 8.96. The standard InChI is InChI=1S/C11H9ClN2OS2/c1-7(16-10-4-5-13-6-14-10)11(15)8-2-3-9(12)17-8/h2-7H,1H3. The number of rotatable bonds is 4. The summed E-state index contributed by atoms with van der Waals surface area (Å²) in [6.07, 6.45) is 3.13. The van der Waals surface area contributed by atoms with Crippen LogP contribution in [0.2, 0.25) is 4.34 Å². The molecule has 17 heavy (non-hydrogen) atoms. The van der Waals surface area contributed by atoms with Crippen molar-refractivity contribution in [3.05, 3.63) is 39.9 Å². The number of ketones is 1. The summed E-state index contributed by atoms with van der Waals surface area (Å²) >= 11 is 8.53. The lowest BCUT2D eigenvalue weighted by atomic mass is 10.2. The zero-order chi connectivity index (χ0) is 12.3. The van der Waals surface area contributed by atoms with E-state index in [0.29, 0.717) is 9.21 Å². The van der Waals surface area contributed by atoms with Gasteiger partial charge in [-0.1, -0.05) is 23.4 Å². The summed E-state index contributed by atoms with van der Waals surface area (Å²) in [6, 6.07) is 5.28. The molecule has 0 bridgehead atoms. The molecule has 1 atom stereocenters. The fourth-order valence-corrected chi connectivity index (χ4v) is 3.22. The lowest BCUT2D eigenvalue weighted by molar-refractivity contribution is 0.0998. The molecular formula is C11H9ClN2OS2. The Bertz CT molecular complexity index is 515. The normalized spacial score (nSPS) is 12.4. The number of hydrogen-bond donors (Lipinski definition) is 0. The van der Waals surface area contributed by atoms with Crippen molar-refractivity contribution < 1.29 is 4.79 Å². The molecular weight excluding hydrogens is 276 g/mol. The molecule has 0 fully saturated rings. The molecule has 1 unspecified atom stereocenters. The summed E-state index contributed by atoms with van der Waals surface area (Å²) in [7, 11) is 0. The van der Waals surface area contributed by atoms with Gasteiger partial charge in [0, 0.05) is 6.20 Å². The van der Waals surface area contributed by atoms with Gasteiger partial charge in [-0.3, -0.25) is 4.79 Å². The molecule has 88 valence electrons. The molecule has 2 aromatic heterocycles. The maximum atomic E-state index is 12.0. The van der Waals surface area contributed by atoms with Gasteiger partial charge in [0.25, 0.3) is 0 Å². The van der Waals surface area contributed by atoms with Gasteiger partial charge in [-0.15, -0.1) is 11.3 Å². The Balaban J connectivity index is 2.06. The van der Waals surface area contributed by atoms with Crippen molar-refractivity contribution in [3.8, 4) is 0 Å². The first-order valence-electron chi connectivity index (χ1n) is 4.89. The van der Waals surface area contributed by atoms with Gasteiger partial charge in [-0.25, -0.2) is 9.97 Å². The number of halogens is 1. The second-order valence-electron chi connectivity index (χ2n) is 3.28. The van der Waals surface area contributed by atoms with E-state index in [4.69, 9.17) is 11.6 Å². The number of Topliss-reactive ketones (excluding diaryl/α,β-unsaturated/α-hetero) is 1. The molecule has 2 rings (SSSR count). The quantitative estimate of drug-likeness (QED) is 0.489. The number of carbonyl (C=O) groups is 1. The first kappa shape index (κ1) is 12.5. The minimum absolute atomic E-state index is 0.0745. The van der Waals surface area contributed by atoms with Crippen molar-refractivity contribution >= 4 is 40.5 Å². The van der Waals surface area contributed by atoms with Crippen LogP contribution < -0.4 is 0 Å². The van der Waals surface area contributed by atoms with Crippen LogP contribution in [0.5, 0.6) is 0 Å². The highest BCUT2D eigenvalue weighted by atomic mass is 35.5. The Kier molecular flexibility index (Phi) is 4.15. The molecule has 0 radical (unpaired) electrons. The Morgan fingerprint density at radius 2 is 2.29 bits per heavy atom. The third kappa shape index (κ3) is 3.28. The van der Waals surface area contributed by atoms with Crippen LogP contribution in [0.25, 0.3) is 0 Å². The van der Waals surface area contributed by atoms with Gasteiger partial charge in [-0.2, -0.15) is 0 Å². The van der Waals surface area contributed by atoms with E-state index in [-0.39, 0.29) is 11.0 Å². The van der Waals surface area contributed by atoms with Crippen LogP contribution in [0.3, 0.4) is 0 Å². The molecule has 0 aliphatic carbocycles. The van der Waals surface area contributed by atoms with E-state index in [1.165, 1.54) is 29.4 Å². The SMILES string of the molecule is CC(Sc1ccncn1)C(=O)c1ccc(Cl)s1. The molecule has 0 spiro atoms. The minimum Gasteiger partial charge on any atom is -0.292 e. The van der Waals surface area contributed by atoms with Crippen LogP contribution in [0, 0.1) is 0 Å². The smallest absolute Gasteiger partial charge is 0.185 e. The number of carbonyl (C=O) groups excluding carboxylic acids is 1. The molecule has 0 amide bonds. The molecule has 0 saturated carbocycles. The molecule has 2 heterocycles. The second kappa shape index (κ2) is 5.62. The van der Waals surface area contributed by atoms with Crippen LogP contribution in [0.15, 0.2) is 35.7 Å². The third-order valence-electron chi connectivity index (χ3n) is 2.04. The minimum atomic E-state index is -0.181. The van der Waals surface area contributed by atoms with Crippen molar-refractivity contribution in [1.29, 1.82) is 0 Å². The highest BCUT2D eigenvalue weighted by Gasteiger charge is 2.18. The molecule has 0 N–H and O–H groups in total. The van der Waals surface area contributed by atoms with Crippen LogP contribution in [0.4, 0.5) is 0 Å². The monoisotopic (exact) mass is 284 g/mol. The molecule has 0 saturated heterocycles. The highest BCUT2D eigenvalue weighted by molar-refractivity contribution is 8.00. The summed E-state index contributed by atoms with van der Waals surface area (Å²) in [6.45, 7) is 1.86. The van der Waals surface area contributed by atoms with Crippen LogP contribution in [-0.2, 0) is 0 Å². The van der Waals surface area contributed by atoms with E-state index in [1.54, 1.807) is 24.4 Å². The zero-order valence-corrected chi connectivity index (χ0v) is 11.4. The van der Waals surface area contributed by atoms with Crippen LogP contribution in [-0.4, -0.2) is 21.0 Å². The molecule has 0 aliphatic heterocycles. The molecule has 2 aromatic rings. The predicted octanol–water partition coefficient (Wildman–Crippen LogP) is 3.56. The summed E-state index contributed by atoms with van der Waals surface area (Å²) in [4.78, 5) is 20.6. The van der Waals surface area contributed by atoms with Crippen molar-refractivity contribution in [3.63, 3.8) is 0 Å². The summed E-state index contributed by atoms with van der Waals surface area (Å²) in [5.41, 5.74) is 0. The van der Waals surface area contributed by atoms with Crippen molar-refractivity contribution in [2.24, 2.45) is 0 Å². The Labute approximate surface area is 112 Å². The maximum absolute atomic E-state index is 12.0. The van der Waals surface area contributed by atoms with Gasteiger partial charge in [-0.05, 0) is 25.1 Å². The van der Waals surface area contributed by atoms with Gasteiger partial charge in [0.15, 0.2) is 5.78 Å². The molecule has 0 aliphatic rings. The Hall–Kier alpha value is -0.910. The Morgan fingerprint density at radius 1 is 1.47 bits per heavy atom. The van der Waals surface area contributed by atoms with Gasteiger partial charge < -0.3 is 0 Å². The average Bonchev–Trinajstić information content (AvgIpc) is 2.76. The number of thioether (sulfide) groups is 1. The lowest BCUT2D eigenvalue weighted by Gasteiger charge is -2.07. The predicted molar refractivity (Wildman–Crippen MR) is 71.0 cm³/mol. The number of hydrogen-bond acceptors (Lipinski definition) is 5.